The minimum Gasteiger partial charge on any atom is -0.481 e. The highest BCUT2D eigenvalue weighted by Crippen LogP contribution is 2.40. The molecular weight excluding hydrogens is 675 g/mol. The van der Waals surface area contributed by atoms with E-state index >= 15 is 4.39 Å². The molecule has 2 atom stereocenters. The Morgan fingerprint density at radius 2 is 1.71 bits per heavy atom. The second-order valence-corrected chi connectivity index (χ2v) is 13.6. The first kappa shape index (κ1) is 38.1. The van der Waals surface area contributed by atoms with Crippen LogP contribution in [0.2, 0.25) is 0 Å². The average molecular weight is 719 g/mol. The van der Waals surface area contributed by atoms with Crippen molar-refractivity contribution in [2.24, 2.45) is 0 Å². The molecule has 5 rings (SSSR count). The number of likely N-dealkylation sites (tertiary alicyclic amines) is 1. The van der Waals surface area contributed by atoms with Crippen molar-refractivity contribution in [3.63, 3.8) is 0 Å². The molecule has 0 aliphatic carbocycles. The van der Waals surface area contributed by atoms with Crippen LogP contribution in [0.1, 0.15) is 90.5 Å². The van der Waals surface area contributed by atoms with Gasteiger partial charge in [0.1, 0.15) is 17.7 Å². The van der Waals surface area contributed by atoms with Crippen LogP contribution in [0.3, 0.4) is 0 Å². The van der Waals surface area contributed by atoms with Crippen molar-refractivity contribution in [3.8, 4) is 11.1 Å². The molecule has 0 spiro atoms. The third-order valence-electron chi connectivity index (χ3n) is 9.77. The summed E-state index contributed by atoms with van der Waals surface area (Å²) in [4.78, 5) is 41.9. The molecule has 51 heavy (non-hydrogen) atoms. The van der Waals surface area contributed by atoms with Gasteiger partial charge in [-0.25, -0.2) is 13.5 Å². The molecule has 2 aliphatic rings. The van der Waals surface area contributed by atoms with Crippen molar-refractivity contribution in [2.75, 3.05) is 26.7 Å². The van der Waals surface area contributed by atoms with Crippen LogP contribution in [-0.4, -0.2) is 64.5 Å². The molecule has 2 bridgehead atoms. The van der Waals surface area contributed by atoms with Gasteiger partial charge in [0.05, 0.1) is 29.8 Å². The van der Waals surface area contributed by atoms with Gasteiger partial charge in [0.25, 0.3) is 5.56 Å². The Morgan fingerprint density at radius 1 is 1.00 bits per heavy atom. The van der Waals surface area contributed by atoms with E-state index in [2.05, 4.69) is 15.3 Å². The maximum atomic E-state index is 16.0. The number of aryl methyl sites for hydroxylation is 3. The number of amides is 1. The largest absolute Gasteiger partial charge is 0.481 e. The highest BCUT2D eigenvalue weighted by Gasteiger charge is 2.38. The summed E-state index contributed by atoms with van der Waals surface area (Å²) in [7, 11) is 1.65. The summed E-state index contributed by atoms with van der Waals surface area (Å²) in [5.41, 5.74) is -1.03. The molecule has 3 heterocycles. The summed E-state index contributed by atoms with van der Waals surface area (Å²) in [5, 5.41) is 16.8. The molecule has 1 amide bonds. The van der Waals surface area contributed by atoms with Crippen molar-refractivity contribution in [1.29, 1.82) is 0 Å². The fourth-order valence-electron chi connectivity index (χ4n) is 7.07. The summed E-state index contributed by atoms with van der Waals surface area (Å²) in [6, 6.07) is 2.82. The normalized spacial score (nSPS) is 19.6. The van der Waals surface area contributed by atoms with Crippen LogP contribution in [0.5, 0.6) is 0 Å². The number of hydrogen-bond donors (Lipinski definition) is 2. The Labute approximate surface area is 292 Å². The van der Waals surface area contributed by atoms with Crippen molar-refractivity contribution in [3.05, 3.63) is 85.8 Å². The number of nitrogens with one attached hydrogen (secondary N) is 1. The van der Waals surface area contributed by atoms with Crippen LogP contribution < -0.4 is 10.9 Å². The van der Waals surface area contributed by atoms with Crippen molar-refractivity contribution in [1.82, 2.24) is 20.0 Å². The summed E-state index contributed by atoms with van der Waals surface area (Å²) in [5.74, 6) is -4.67. The molecule has 2 aromatic carbocycles. The number of rotatable bonds is 7. The molecule has 9 nitrogen and oxygen atoms in total. The molecule has 0 saturated carbocycles. The van der Waals surface area contributed by atoms with Crippen LogP contribution in [0, 0.1) is 25.5 Å². The molecule has 0 radical (unpaired) electrons. The molecule has 1 fully saturated rings. The van der Waals surface area contributed by atoms with Gasteiger partial charge >= 0.3 is 12.1 Å². The second kappa shape index (κ2) is 16.0. The number of fused-ring (bicyclic) bond motifs is 4. The summed E-state index contributed by atoms with van der Waals surface area (Å²) >= 11 is 0. The number of carboxylic acid groups (broad SMARTS) is 1. The number of ether oxygens (including phenoxy) is 1. The number of aromatic nitrogens is 2. The number of benzene rings is 2. The van der Waals surface area contributed by atoms with E-state index in [1.165, 1.54) is 12.1 Å². The number of methoxy groups -OCH3 is 1. The number of nitrogens with zero attached hydrogens (tertiary/aromatic N) is 3. The Bertz CT molecular complexity index is 1820. The highest BCUT2D eigenvalue weighted by atomic mass is 19.4. The zero-order valence-electron chi connectivity index (χ0n) is 28.9. The van der Waals surface area contributed by atoms with Gasteiger partial charge in [-0.2, -0.15) is 18.3 Å². The fraction of sp³-hybridized carbons (Fsp3) is 0.514. The number of carbonyl (C=O) groups is 2. The third kappa shape index (κ3) is 9.01. The van der Waals surface area contributed by atoms with E-state index in [0.29, 0.717) is 73.5 Å². The third-order valence-corrected chi connectivity index (χ3v) is 9.77. The maximum Gasteiger partial charge on any atom is 0.419 e. The molecule has 14 heteroatoms. The molecule has 0 unspecified atom stereocenters. The second-order valence-electron chi connectivity index (χ2n) is 13.6. The van der Waals surface area contributed by atoms with Gasteiger partial charge in [0.15, 0.2) is 0 Å². The lowest BCUT2D eigenvalue weighted by atomic mass is 9.87. The van der Waals surface area contributed by atoms with Gasteiger partial charge in [-0.05, 0) is 85.7 Å². The Morgan fingerprint density at radius 3 is 2.39 bits per heavy atom. The van der Waals surface area contributed by atoms with Gasteiger partial charge < -0.3 is 15.2 Å². The zero-order valence-corrected chi connectivity index (χ0v) is 28.9. The topological polar surface area (TPSA) is 114 Å². The van der Waals surface area contributed by atoms with Crippen LogP contribution >= 0.6 is 0 Å². The van der Waals surface area contributed by atoms with E-state index in [1.54, 1.807) is 27.0 Å². The zero-order chi connectivity index (χ0) is 37.0. The smallest absolute Gasteiger partial charge is 0.419 e. The lowest BCUT2D eigenvalue weighted by Gasteiger charge is -2.38. The Hall–Kier alpha value is -4.17. The van der Waals surface area contributed by atoms with Crippen LogP contribution in [0.4, 0.5) is 22.0 Å². The molecule has 2 aliphatic heterocycles. The highest BCUT2D eigenvalue weighted by molar-refractivity contribution is 5.82. The van der Waals surface area contributed by atoms with Crippen LogP contribution in [0.15, 0.2) is 35.1 Å². The quantitative estimate of drug-likeness (QED) is 0.270. The Balaban J connectivity index is 1.60. The van der Waals surface area contributed by atoms with Gasteiger partial charge in [-0.15, -0.1) is 0 Å². The number of aliphatic carboxylic acids is 1. The monoisotopic (exact) mass is 718 g/mol. The summed E-state index contributed by atoms with van der Waals surface area (Å²) < 4.78 is 80.1. The molecule has 3 aromatic rings. The molecule has 2 N–H and O–H groups in total. The van der Waals surface area contributed by atoms with E-state index in [1.807, 2.05) is 0 Å². The van der Waals surface area contributed by atoms with Gasteiger partial charge in [-0.3, -0.25) is 19.3 Å². The average Bonchev–Trinajstić information content (AvgIpc) is 3.02. The predicted molar refractivity (Wildman–Crippen MR) is 179 cm³/mol. The maximum absolute atomic E-state index is 16.0. The first-order valence-electron chi connectivity index (χ1n) is 17.2. The number of hydrogen-bond acceptors (Lipinski definition) is 6. The SMILES string of the molecule is COC1CN(CCc2cc(C)c(=O)n([C@H]3CCCCCCCc4cc(F)cc(C)c4-c4cc(c(F)c(C(F)(F)F)c4)[C@H](CC(=O)O)NC3=O)n2)C1. The number of carboxylic acids is 1. The van der Waals surface area contributed by atoms with Crippen molar-refractivity contribution >= 4 is 11.9 Å². The first-order chi connectivity index (χ1) is 24.2. The number of alkyl halides is 3. The van der Waals surface area contributed by atoms with Gasteiger partial charge in [0, 0.05) is 44.3 Å². The summed E-state index contributed by atoms with van der Waals surface area (Å²) in [6.45, 7) is 5.27. The number of carbonyl (C=O) groups excluding carboxylic acids is 1. The Kier molecular flexibility index (Phi) is 12.0. The molecule has 276 valence electrons. The lowest BCUT2D eigenvalue weighted by molar-refractivity contribution is -0.140. The van der Waals surface area contributed by atoms with E-state index in [4.69, 9.17) is 4.74 Å². The van der Waals surface area contributed by atoms with Crippen molar-refractivity contribution < 1.29 is 41.4 Å². The fourth-order valence-corrected chi connectivity index (χ4v) is 7.07. The van der Waals surface area contributed by atoms with Crippen LogP contribution in [0.25, 0.3) is 11.1 Å². The van der Waals surface area contributed by atoms with Crippen LogP contribution in [-0.2, 0) is 33.3 Å². The lowest BCUT2D eigenvalue weighted by Crippen LogP contribution is -2.52. The van der Waals surface area contributed by atoms with E-state index in [0.717, 1.165) is 30.3 Å². The van der Waals surface area contributed by atoms with E-state index in [-0.39, 0.29) is 23.7 Å². The number of halogens is 5. The molecular formula is C37H43F5N4O5. The first-order valence-corrected chi connectivity index (χ1v) is 17.2. The van der Waals surface area contributed by atoms with Gasteiger partial charge in [-0.1, -0.05) is 25.7 Å². The molecule has 1 aromatic heterocycles. The van der Waals surface area contributed by atoms with Crippen molar-refractivity contribution in [2.45, 2.75) is 96.0 Å². The van der Waals surface area contributed by atoms with Gasteiger partial charge in [0.2, 0.25) is 5.91 Å². The molecule has 1 saturated heterocycles. The minimum atomic E-state index is -5.18. The minimum absolute atomic E-state index is 0.0836. The van der Waals surface area contributed by atoms with E-state index in [9.17, 15) is 37.1 Å². The van der Waals surface area contributed by atoms with E-state index < -0.39 is 64.9 Å². The standard InChI is InChI=1S/C37H43F5N4O5/c1-21-13-25(38)15-23-9-7-5-4-6-8-10-31(46-36(50)22(2)14-26(44-46)11-12-45-19-27(20-45)51-3)35(49)43-30(18-32(47)48)28-16-24(33(21)23)17-29(34(28)39)37(40,41)42/h13-17,27,30-31H,4-12,18-20H2,1-3H3,(H,43,49)(H,47,48)/t30-,31-/m0/s1. The predicted octanol–water partition coefficient (Wildman–Crippen LogP) is 6.47. The summed E-state index contributed by atoms with van der Waals surface area (Å²) in [6.07, 6.45) is -1.88.